The molecule has 1 unspecified atom stereocenters. The number of methoxy groups -OCH3 is 1. The van der Waals surface area contributed by atoms with Gasteiger partial charge < -0.3 is 15.0 Å². The molecule has 0 fully saturated rings. The van der Waals surface area contributed by atoms with Crippen LogP contribution < -0.4 is 15.0 Å². The number of anilines is 1. The SMILES string of the molecule is COc1ccc2cc(C(C)C(=O)NCCCN(C)c3ccccc3)ccc2c1. The van der Waals surface area contributed by atoms with Gasteiger partial charge in [0.15, 0.2) is 0 Å². The molecule has 0 radical (unpaired) electrons. The van der Waals surface area contributed by atoms with E-state index >= 15 is 0 Å². The number of carbonyl (C=O) groups excluding carboxylic acids is 1. The summed E-state index contributed by atoms with van der Waals surface area (Å²) in [6.45, 7) is 3.53. The number of nitrogens with zero attached hydrogens (tertiary/aromatic N) is 1. The first-order valence-electron chi connectivity index (χ1n) is 9.70. The first kappa shape index (κ1) is 19.7. The van der Waals surface area contributed by atoms with Crippen LogP contribution in [-0.2, 0) is 4.79 Å². The summed E-state index contributed by atoms with van der Waals surface area (Å²) in [5, 5.41) is 5.29. The Morgan fingerprint density at radius 2 is 1.75 bits per heavy atom. The fourth-order valence-corrected chi connectivity index (χ4v) is 3.28. The quantitative estimate of drug-likeness (QED) is 0.585. The number of para-hydroxylation sites is 1. The first-order valence-corrected chi connectivity index (χ1v) is 9.70. The van der Waals surface area contributed by atoms with Crippen LogP contribution in [0.15, 0.2) is 66.7 Å². The van der Waals surface area contributed by atoms with Gasteiger partial charge in [-0.05, 0) is 53.9 Å². The van der Waals surface area contributed by atoms with E-state index in [-0.39, 0.29) is 11.8 Å². The largest absolute Gasteiger partial charge is 0.497 e. The molecule has 1 amide bonds. The highest BCUT2D eigenvalue weighted by Crippen LogP contribution is 2.25. The maximum Gasteiger partial charge on any atom is 0.227 e. The Balaban J connectivity index is 1.52. The van der Waals surface area contributed by atoms with Gasteiger partial charge in [-0.3, -0.25) is 4.79 Å². The van der Waals surface area contributed by atoms with Gasteiger partial charge in [0.1, 0.15) is 5.75 Å². The maximum absolute atomic E-state index is 12.5. The summed E-state index contributed by atoms with van der Waals surface area (Å²) in [5.41, 5.74) is 2.21. The van der Waals surface area contributed by atoms with Crippen molar-refractivity contribution in [3.05, 3.63) is 72.3 Å². The fraction of sp³-hybridized carbons (Fsp3) is 0.292. The molecule has 3 rings (SSSR count). The van der Waals surface area contributed by atoms with Crippen LogP contribution >= 0.6 is 0 Å². The minimum absolute atomic E-state index is 0.0650. The molecule has 28 heavy (non-hydrogen) atoms. The van der Waals surface area contributed by atoms with Crippen molar-refractivity contribution in [2.75, 3.05) is 32.1 Å². The monoisotopic (exact) mass is 376 g/mol. The molecule has 0 aliphatic heterocycles. The van der Waals surface area contributed by atoms with Crippen molar-refractivity contribution in [1.29, 1.82) is 0 Å². The molecule has 0 saturated heterocycles. The predicted molar refractivity (Wildman–Crippen MR) is 116 cm³/mol. The lowest BCUT2D eigenvalue weighted by atomic mass is 9.97. The number of amides is 1. The molecule has 3 aromatic carbocycles. The second kappa shape index (κ2) is 9.27. The Bertz CT molecular complexity index is 924. The average Bonchev–Trinajstić information content (AvgIpc) is 2.75. The second-order valence-corrected chi connectivity index (χ2v) is 7.10. The van der Waals surface area contributed by atoms with E-state index in [1.807, 2.05) is 55.5 Å². The van der Waals surface area contributed by atoms with Gasteiger partial charge in [0.05, 0.1) is 13.0 Å². The number of fused-ring (bicyclic) bond motifs is 1. The average molecular weight is 376 g/mol. The molecule has 4 heteroatoms. The molecule has 0 heterocycles. The standard InChI is InChI=1S/C24H28N2O2/c1-18(19-10-11-21-17-23(28-3)13-12-20(21)16-19)24(27)25-14-7-15-26(2)22-8-5-4-6-9-22/h4-6,8-13,16-18H,7,14-15H2,1-3H3,(H,25,27). The van der Waals surface area contributed by atoms with E-state index in [1.165, 1.54) is 5.69 Å². The van der Waals surface area contributed by atoms with Crippen molar-refractivity contribution in [1.82, 2.24) is 5.32 Å². The van der Waals surface area contributed by atoms with Gasteiger partial charge in [-0.1, -0.05) is 42.5 Å². The Labute approximate surface area is 167 Å². The lowest BCUT2D eigenvalue weighted by molar-refractivity contribution is -0.122. The summed E-state index contributed by atoms with van der Waals surface area (Å²) in [6.07, 6.45) is 0.904. The van der Waals surface area contributed by atoms with Gasteiger partial charge in [0.25, 0.3) is 0 Å². The zero-order valence-electron chi connectivity index (χ0n) is 16.8. The van der Waals surface area contributed by atoms with Crippen LogP contribution in [0.1, 0.15) is 24.8 Å². The molecular weight excluding hydrogens is 348 g/mol. The predicted octanol–water partition coefficient (Wildman–Crippen LogP) is 4.59. The van der Waals surface area contributed by atoms with Crippen molar-refractivity contribution in [2.45, 2.75) is 19.3 Å². The third-order valence-electron chi connectivity index (χ3n) is 5.13. The van der Waals surface area contributed by atoms with Gasteiger partial charge in [-0.15, -0.1) is 0 Å². The van der Waals surface area contributed by atoms with Gasteiger partial charge in [-0.25, -0.2) is 0 Å². The highest BCUT2D eigenvalue weighted by Gasteiger charge is 2.15. The summed E-state index contributed by atoms with van der Waals surface area (Å²) in [7, 11) is 3.74. The molecule has 1 atom stereocenters. The normalized spacial score (nSPS) is 11.8. The number of hydrogen-bond donors (Lipinski definition) is 1. The summed E-state index contributed by atoms with van der Waals surface area (Å²) in [6, 6.07) is 22.4. The van der Waals surface area contributed by atoms with Gasteiger partial charge in [-0.2, -0.15) is 0 Å². The number of ether oxygens (including phenoxy) is 1. The van der Waals surface area contributed by atoms with Crippen LogP contribution in [0.5, 0.6) is 5.75 Å². The third-order valence-corrected chi connectivity index (χ3v) is 5.13. The summed E-state index contributed by atoms with van der Waals surface area (Å²) < 4.78 is 5.27. The summed E-state index contributed by atoms with van der Waals surface area (Å²) in [5.74, 6) is 0.722. The zero-order valence-corrected chi connectivity index (χ0v) is 16.8. The highest BCUT2D eigenvalue weighted by atomic mass is 16.5. The van der Waals surface area contributed by atoms with E-state index in [1.54, 1.807) is 7.11 Å². The van der Waals surface area contributed by atoms with Crippen LogP contribution in [0.2, 0.25) is 0 Å². The van der Waals surface area contributed by atoms with Crippen molar-refractivity contribution in [3.63, 3.8) is 0 Å². The van der Waals surface area contributed by atoms with Gasteiger partial charge >= 0.3 is 0 Å². The highest BCUT2D eigenvalue weighted by molar-refractivity contribution is 5.88. The molecule has 3 aromatic rings. The minimum Gasteiger partial charge on any atom is -0.497 e. The number of rotatable bonds is 8. The Morgan fingerprint density at radius 1 is 1.04 bits per heavy atom. The number of hydrogen-bond acceptors (Lipinski definition) is 3. The molecule has 0 spiro atoms. The Hall–Kier alpha value is -3.01. The zero-order chi connectivity index (χ0) is 19.9. The first-order chi connectivity index (χ1) is 13.6. The van der Waals surface area contributed by atoms with Gasteiger partial charge in [0, 0.05) is 25.8 Å². The second-order valence-electron chi connectivity index (χ2n) is 7.10. The van der Waals surface area contributed by atoms with Crippen LogP contribution in [0.3, 0.4) is 0 Å². The molecule has 0 aliphatic carbocycles. The molecular formula is C24H28N2O2. The van der Waals surface area contributed by atoms with Crippen LogP contribution in [0, 0.1) is 0 Å². The smallest absolute Gasteiger partial charge is 0.227 e. The molecule has 0 saturated carbocycles. The molecule has 0 bridgehead atoms. The van der Waals surface area contributed by atoms with E-state index in [9.17, 15) is 4.79 Å². The lowest BCUT2D eigenvalue weighted by Crippen LogP contribution is -2.31. The Morgan fingerprint density at radius 3 is 2.50 bits per heavy atom. The molecule has 1 N–H and O–H groups in total. The summed E-state index contributed by atoms with van der Waals surface area (Å²) in [4.78, 5) is 14.8. The topological polar surface area (TPSA) is 41.6 Å². The molecule has 0 aromatic heterocycles. The fourth-order valence-electron chi connectivity index (χ4n) is 3.28. The molecule has 146 valence electrons. The number of nitrogens with one attached hydrogen (secondary N) is 1. The summed E-state index contributed by atoms with van der Waals surface area (Å²) >= 11 is 0. The minimum atomic E-state index is -0.182. The maximum atomic E-state index is 12.5. The van der Waals surface area contributed by atoms with E-state index in [0.717, 1.165) is 35.1 Å². The third kappa shape index (κ3) is 4.83. The Kier molecular flexibility index (Phi) is 6.53. The molecule has 4 nitrogen and oxygen atoms in total. The van der Waals surface area contributed by atoms with E-state index in [2.05, 4.69) is 35.5 Å². The van der Waals surface area contributed by atoms with Crippen molar-refractivity contribution in [3.8, 4) is 5.75 Å². The number of benzene rings is 3. The van der Waals surface area contributed by atoms with E-state index in [4.69, 9.17) is 4.74 Å². The lowest BCUT2D eigenvalue weighted by Gasteiger charge is -2.19. The van der Waals surface area contributed by atoms with Crippen molar-refractivity contribution >= 4 is 22.4 Å². The van der Waals surface area contributed by atoms with Gasteiger partial charge in [0.2, 0.25) is 5.91 Å². The van der Waals surface area contributed by atoms with E-state index < -0.39 is 0 Å². The van der Waals surface area contributed by atoms with Crippen LogP contribution in [-0.4, -0.2) is 33.2 Å². The molecule has 0 aliphatic rings. The van der Waals surface area contributed by atoms with Crippen molar-refractivity contribution in [2.24, 2.45) is 0 Å². The number of carbonyl (C=O) groups is 1. The van der Waals surface area contributed by atoms with Crippen LogP contribution in [0.25, 0.3) is 10.8 Å². The van der Waals surface area contributed by atoms with Crippen molar-refractivity contribution < 1.29 is 9.53 Å². The van der Waals surface area contributed by atoms with Crippen LogP contribution in [0.4, 0.5) is 5.69 Å². The van der Waals surface area contributed by atoms with E-state index in [0.29, 0.717) is 6.54 Å².